The van der Waals surface area contributed by atoms with Gasteiger partial charge in [-0.05, 0) is 69.1 Å². The minimum atomic E-state index is 0.735. The molecule has 4 rings (SSSR count). The Morgan fingerprint density at radius 1 is 1.15 bits per heavy atom. The fourth-order valence-electron chi connectivity index (χ4n) is 3.58. The lowest BCUT2D eigenvalue weighted by Crippen LogP contribution is -2.33. The summed E-state index contributed by atoms with van der Waals surface area (Å²) in [4.78, 5) is 14.6. The lowest BCUT2D eigenvalue weighted by molar-refractivity contribution is 0.226. The van der Waals surface area contributed by atoms with E-state index in [-0.39, 0.29) is 0 Å². The lowest BCUT2D eigenvalue weighted by atomic mass is 9.97. The van der Waals surface area contributed by atoms with Gasteiger partial charge in [0.15, 0.2) is 0 Å². The number of nitrogens with one attached hydrogen (secondary N) is 3. The van der Waals surface area contributed by atoms with Gasteiger partial charge >= 0.3 is 0 Å². The van der Waals surface area contributed by atoms with E-state index in [1.807, 2.05) is 18.6 Å². The first-order valence-electron chi connectivity index (χ1n) is 9.72. The number of hydrogen-bond acceptors (Lipinski definition) is 5. The number of piperidine rings is 1. The largest absolute Gasteiger partial charge is 0.380 e. The van der Waals surface area contributed by atoms with Crippen molar-refractivity contribution in [3.63, 3.8) is 0 Å². The monoisotopic (exact) mass is 364 g/mol. The van der Waals surface area contributed by atoms with E-state index < -0.39 is 0 Å². The van der Waals surface area contributed by atoms with Crippen molar-refractivity contribution in [3.05, 3.63) is 47.9 Å². The Bertz CT molecular complexity index is 877. The van der Waals surface area contributed by atoms with Crippen molar-refractivity contribution in [2.75, 3.05) is 37.3 Å². The molecule has 4 heterocycles. The van der Waals surface area contributed by atoms with Crippen molar-refractivity contribution < 1.29 is 0 Å². The van der Waals surface area contributed by atoms with Gasteiger partial charge in [0.05, 0.1) is 11.9 Å². The molecular formula is C21H28N6. The van der Waals surface area contributed by atoms with Crippen LogP contribution in [0.3, 0.4) is 0 Å². The Morgan fingerprint density at radius 2 is 2.00 bits per heavy atom. The van der Waals surface area contributed by atoms with Gasteiger partial charge in [0.1, 0.15) is 11.5 Å². The summed E-state index contributed by atoms with van der Waals surface area (Å²) < 4.78 is 0. The summed E-state index contributed by atoms with van der Waals surface area (Å²) in [6.45, 7) is 6.24. The molecular weight excluding hydrogens is 336 g/mol. The molecule has 1 saturated heterocycles. The van der Waals surface area contributed by atoms with Crippen LogP contribution in [-0.2, 0) is 6.54 Å². The smallest absolute Gasteiger partial charge is 0.137 e. The highest BCUT2D eigenvalue weighted by Crippen LogP contribution is 2.20. The Labute approximate surface area is 160 Å². The van der Waals surface area contributed by atoms with E-state index in [0.29, 0.717) is 0 Å². The quantitative estimate of drug-likeness (QED) is 0.623. The first kappa shape index (κ1) is 17.8. The molecule has 3 aromatic heterocycles. The maximum Gasteiger partial charge on any atom is 0.137 e. The molecule has 1 aliphatic heterocycles. The highest BCUT2D eigenvalue weighted by molar-refractivity contribution is 5.82. The summed E-state index contributed by atoms with van der Waals surface area (Å²) in [5.41, 5.74) is 4.32. The molecule has 3 aromatic rings. The van der Waals surface area contributed by atoms with Gasteiger partial charge < -0.3 is 20.5 Å². The van der Waals surface area contributed by atoms with Crippen molar-refractivity contribution in [1.82, 2.24) is 19.9 Å². The first-order valence-corrected chi connectivity index (χ1v) is 9.72. The molecule has 3 N–H and O–H groups in total. The molecule has 0 saturated carbocycles. The van der Waals surface area contributed by atoms with Crippen LogP contribution in [0.15, 0.2) is 36.8 Å². The number of pyridine rings is 2. The van der Waals surface area contributed by atoms with E-state index in [1.165, 1.54) is 31.5 Å². The predicted octanol–water partition coefficient (Wildman–Crippen LogP) is 3.63. The number of aromatic nitrogens is 3. The first-order chi connectivity index (χ1) is 13.2. The zero-order valence-corrected chi connectivity index (χ0v) is 16.1. The summed E-state index contributed by atoms with van der Waals surface area (Å²) in [5.74, 6) is 1.72. The Balaban J connectivity index is 1.29. The van der Waals surface area contributed by atoms with Crippen LogP contribution in [0.1, 0.15) is 24.0 Å². The van der Waals surface area contributed by atoms with Gasteiger partial charge in [-0.1, -0.05) is 6.07 Å². The van der Waals surface area contributed by atoms with Gasteiger partial charge in [0, 0.05) is 30.9 Å². The molecule has 0 spiro atoms. The molecule has 0 aliphatic carbocycles. The molecule has 0 amide bonds. The standard InChI is InChI=1S/C21H28N6/c1-15-10-25-21-19(15)9-18(14-26-21)22-12-17-3-4-20(24-13-17)23-11-16-5-7-27(2)8-6-16/h3-4,9-10,13-14,16,22H,5-8,11-12H2,1-2H3,(H,23,24)(H,25,26). The van der Waals surface area contributed by atoms with Crippen LogP contribution >= 0.6 is 0 Å². The van der Waals surface area contributed by atoms with Crippen molar-refractivity contribution in [2.45, 2.75) is 26.3 Å². The van der Waals surface area contributed by atoms with E-state index >= 15 is 0 Å². The van der Waals surface area contributed by atoms with E-state index in [1.54, 1.807) is 0 Å². The second-order valence-electron chi connectivity index (χ2n) is 7.62. The number of hydrogen-bond donors (Lipinski definition) is 3. The minimum Gasteiger partial charge on any atom is -0.380 e. The van der Waals surface area contributed by atoms with E-state index in [2.05, 4.69) is 62.7 Å². The molecule has 1 fully saturated rings. The summed E-state index contributed by atoms with van der Waals surface area (Å²) in [6.07, 6.45) is 8.33. The zero-order valence-electron chi connectivity index (χ0n) is 16.1. The third-order valence-electron chi connectivity index (χ3n) is 5.47. The second-order valence-corrected chi connectivity index (χ2v) is 7.62. The summed E-state index contributed by atoms with van der Waals surface area (Å²) >= 11 is 0. The van der Waals surface area contributed by atoms with E-state index in [4.69, 9.17) is 0 Å². The molecule has 142 valence electrons. The van der Waals surface area contributed by atoms with Crippen molar-refractivity contribution in [3.8, 4) is 0 Å². The maximum absolute atomic E-state index is 4.56. The molecule has 0 radical (unpaired) electrons. The molecule has 0 atom stereocenters. The predicted molar refractivity (Wildman–Crippen MR) is 111 cm³/mol. The maximum atomic E-state index is 4.56. The molecule has 6 heteroatoms. The van der Waals surface area contributed by atoms with Gasteiger partial charge in [-0.2, -0.15) is 0 Å². The molecule has 0 bridgehead atoms. The number of H-pyrrole nitrogens is 1. The topological polar surface area (TPSA) is 68.9 Å². The Morgan fingerprint density at radius 3 is 2.78 bits per heavy atom. The summed E-state index contributed by atoms with van der Waals surface area (Å²) in [5, 5.41) is 8.08. The normalized spacial score (nSPS) is 15.9. The van der Waals surface area contributed by atoms with Gasteiger partial charge in [0.25, 0.3) is 0 Å². The highest BCUT2D eigenvalue weighted by Gasteiger charge is 2.16. The number of likely N-dealkylation sites (tertiary alicyclic amines) is 1. The van der Waals surface area contributed by atoms with Gasteiger partial charge in [-0.25, -0.2) is 9.97 Å². The fraction of sp³-hybridized carbons (Fsp3) is 0.429. The highest BCUT2D eigenvalue weighted by atomic mass is 15.1. The van der Waals surface area contributed by atoms with Gasteiger partial charge in [0.2, 0.25) is 0 Å². The third-order valence-corrected chi connectivity index (χ3v) is 5.47. The molecule has 1 aliphatic rings. The van der Waals surface area contributed by atoms with Crippen molar-refractivity contribution in [1.29, 1.82) is 0 Å². The van der Waals surface area contributed by atoms with E-state index in [9.17, 15) is 0 Å². The van der Waals surface area contributed by atoms with Crippen molar-refractivity contribution >= 4 is 22.5 Å². The third kappa shape index (κ3) is 4.39. The molecule has 0 unspecified atom stereocenters. The lowest BCUT2D eigenvalue weighted by Gasteiger charge is -2.29. The number of aromatic amines is 1. The van der Waals surface area contributed by atoms with Crippen LogP contribution in [-0.4, -0.2) is 46.5 Å². The second kappa shape index (κ2) is 7.96. The Hall–Kier alpha value is -2.60. The van der Waals surface area contributed by atoms with Crippen LogP contribution in [0.2, 0.25) is 0 Å². The Kier molecular flexibility index (Phi) is 5.25. The van der Waals surface area contributed by atoms with E-state index in [0.717, 1.165) is 47.1 Å². The molecule has 6 nitrogen and oxygen atoms in total. The number of aryl methyl sites for hydroxylation is 1. The molecule has 27 heavy (non-hydrogen) atoms. The number of rotatable bonds is 6. The molecule has 0 aromatic carbocycles. The number of nitrogens with zero attached hydrogens (tertiary/aromatic N) is 3. The minimum absolute atomic E-state index is 0.735. The zero-order chi connectivity index (χ0) is 18.6. The summed E-state index contributed by atoms with van der Waals surface area (Å²) in [6, 6.07) is 6.34. The summed E-state index contributed by atoms with van der Waals surface area (Å²) in [7, 11) is 2.20. The number of anilines is 2. The van der Waals surface area contributed by atoms with Crippen LogP contribution < -0.4 is 10.6 Å². The SMILES string of the molecule is Cc1c[nH]c2ncc(NCc3ccc(NCC4CCN(C)CC4)nc3)cc12. The van der Waals surface area contributed by atoms with Crippen molar-refractivity contribution in [2.24, 2.45) is 5.92 Å². The van der Waals surface area contributed by atoms with Gasteiger partial charge in [-0.3, -0.25) is 0 Å². The fourth-order valence-corrected chi connectivity index (χ4v) is 3.58. The average Bonchev–Trinajstić information content (AvgIpc) is 3.07. The van der Waals surface area contributed by atoms with Crippen LogP contribution in [0, 0.1) is 12.8 Å². The average molecular weight is 364 g/mol. The number of fused-ring (bicyclic) bond motifs is 1. The van der Waals surface area contributed by atoms with Crippen LogP contribution in [0.5, 0.6) is 0 Å². The van der Waals surface area contributed by atoms with Crippen LogP contribution in [0.4, 0.5) is 11.5 Å². The van der Waals surface area contributed by atoms with Gasteiger partial charge in [-0.15, -0.1) is 0 Å². The van der Waals surface area contributed by atoms with Crippen LogP contribution in [0.25, 0.3) is 11.0 Å².